The molecule has 0 aliphatic carbocycles. The Balaban J connectivity index is 3.02. The van der Waals surface area contributed by atoms with Crippen LogP contribution in [0.5, 0.6) is 0 Å². The van der Waals surface area contributed by atoms with Crippen LogP contribution in [0.25, 0.3) is 0 Å². The van der Waals surface area contributed by atoms with Crippen molar-refractivity contribution < 1.29 is 42.9 Å². The summed E-state index contributed by atoms with van der Waals surface area (Å²) < 4.78 is 34.4. The average molecular weight is 258 g/mol. The van der Waals surface area contributed by atoms with Crippen molar-refractivity contribution in [2.24, 2.45) is 0 Å². The highest BCUT2D eigenvalue weighted by molar-refractivity contribution is 7.86. The van der Waals surface area contributed by atoms with Gasteiger partial charge < -0.3 is 25.2 Å². The second-order valence-corrected chi connectivity index (χ2v) is 4.82. The van der Waals surface area contributed by atoms with Crippen molar-refractivity contribution in [3.63, 3.8) is 0 Å². The lowest BCUT2D eigenvalue weighted by Gasteiger charge is -2.37. The number of hydrogen-bond acceptors (Lipinski definition) is 7. The van der Waals surface area contributed by atoms with Crippen LogP contribution in [0.4, 0.5) is 0 Å². The summed E-state index contributed by atoms with van der Waals surface area (Å²) >= 11 is 0. The van der Waals surface area contributed by atoms with Crippen LogP contribution in [0.15, 0.2) is 0 Å². The third kappa shape index (κ3) is 2.31. The van der Waals surface area contributed by atoms with Crippen LogP contribution in [0, 0.1) is 0 Å². The first kappa shape index (κ1) is 13.3. The first-order chi connectivity index (χ1) is 7.16. The largest absolute Gasteiger partial charge is 0.479 e. The predicted octanol–water partition coefficient (Wildman–Crippen LogP) is -3.23. The smallest absolute Gasteiger partial charge is 0.335 e. The van der Waals surface area contributed by atoms with Gasteiger partial charge in [-0.1, -0.05) is 0 Å². The molecule has 5 atom stereocenters. The van der Waals surface area contributed by atoms with E-state index in [2.05, 4.69) is 4.74 Å². The van der Waals surface area contributed by atoms with Gasteiger partial charge in [0.2, 0.25) is 0 Å². The number of hydrogen-bond donors (Lipinski definition) is 5. The molecule has 0 aromatic heterocycles. The molecular formula is C6H10O9S. The van der Waals surface area contributed by atoms with Crippen molar-refractivity contribution in [2.45, 2.75) is 29.9 Å². The second-order valence-electron chi connectivity index (χ2n) is 3.25. The lowest BCUT2D eigenvalue weighted by Crippen LogP contribution is -2.61. The molecule has 0 saturated carbocycles. The lowest BCUT2D eigenvalue weighted by atomic mass is 10.0. The van der Waals surface area contributed by atoms with Crippen LogP contribution in [0.3, 0.4) is 0 Å². The van der Waals surface area contributed by atoms with E-state index in [-0.39, 0.29) is 0 Å². The minimum absolute atomic E-state index is 1.68. The van der Waals surface area contributed by atoms with E-state index < -0.39 is 45.9 Å². The Labute approximate surface area is 89.6 Å². The van der Waals surface area contributed by atoms with Gasteiger partial charge in [0.15, 0.2) is 17.6 Å². The molecule has 1 aliphatic heterocycles. The minimum atomic E-state index is -4.88. The first-order valence-corrected chi connectivity index (χ1v) is 5.55. The van der Waals surface area contributed by atoms with Crippen molar-refractivity contribution in [2.75, 3.05) is 0 Å². The SMILES string of the molecule is O=C(O)[C@@H]1OC(O)C(S(=O)(=O)O)C(O)C1O. The van der Waals surface area contributed by atoms with Gasteiger partial charge in [0, 0.05) is 0 Å². The molecule has 1 fully saturated rings. The summed E-state index contributed by atoms with van der Waals surface area (Å²) in [5, 5.41) is 33.9. The molecule has 4 unspecified atom stereocenters. The number of aliphatic carboxylic acids is 1. The van der Waals surface area contributed by atoms with Gasteiger partial charge in [-0.15, -0.1) is 0 Å². The van der Waals surface area contributed by atoms with Crippen molar-refractivity contribution in [3.8, 4) is 0 Å². The average Bonchev–Trinajstić information content (AvgIpc) is 2.08. The van der Waals surface area contributed by atoms with Crippen LogP contribution < -0.4 is 0 Å². The molecule has 5 N–H and O–H groups in total. The Morgan fingerprint density at radius 2 is 1.62 bits per heavy atom. The van der Waals surface area contributed by atoms with Crippen LogP contribution in [-0.4, -0.2) is 69.2 Å². The molecule has 0 bridgehead atoms. The maximum atomic E-state index is 10.7. The molecule has 0 spiro atoms. The summed E-state index contributed by atoms with van der Waals surface area (Å²) in [7, 11) is -4.88. The molecule has 16 heavy (non-hydrogen) atoms. The number of aliphatic hydroxyl groups excluding tert-OH is 3. The zero-order valence-electron chi connectivity index (χ0n) is 7.66. The topological polar surface area (TPSA) is 162 Å². The summed E-state index contributed by atoms with van der Waals surface area (Å²) in [4.78, 5) is 10.5. The van der Waals surface area contributed by atoms with Crippen molar-refractivity contribution in [1.29, 1.82) is 0 Å². The molecular weight excluding hydrogens is 248 g/mol. The second kappa shape index (κ2) is 4.24. The molecule has 10 heteroatoms. The number of rotatable bonds is 2. The Morgan fingerprint density at radius 1 is 1.12 bits per heavy atom. The lowest BCUT2D eigenvalue weighted by molar-refractivity contribution is -0.234. The van der Waals surface area contributed by atoms with Crippen molar-refractivity contribution in [1.82, 2.24) is 0 Å². The van der Waals surface area contributed by atoms with Gasteiger partial charge in [0.05, 0.1) is 0 Å². The normalized spacial score (nSPS) is 40.6. The van der Waals surface area contributed by atoms with Gasteiger partial charge in [-0.2, -0.15) is 8.42 Å². The van der Waals surface area contributed by atoms with Gasteiger partial charge in [-0.3, -0.25) is 4.55 Å². The fourth-order valence-electron chi connectivity index (χ4n) is 1.38. The van der Waals surface area contributed by atoms with Crippen molar-refractivity contribution in [3.05, 3.63) is 0 Å². The Morgan fingerprint density at radius 3 is 2.00 bits per heavy atom. The molecule has 0 radical (unpaired) electrons. The van der Waals surface area contributed by atoms with Crippen LogP contribution in [-0.2, 0) is 19.6 Å². The van der Waals surface area contributed by atoms with E-state index in [0.717, 1.165) is 0 Å². The van der Waals surface area contributed by atoms with E-state index in [1.54, 1.807) is 0 Å². The quantitative estimate of drug-likeness (QED) is 0.320. The zero-order valence-corrected chi connectivity index (χ0v) is 8.48. The van der Waals surface area contributed by atoms with Gasteiger partial charge in [-0.05, 0) is 0 Å². The molecule has 0 aromatic carbocycles. The molecule has 1 saturated heterocycles. The predicted molar refractivity (Wildman–Crippen MR) is 45.9 cm³/mol. The van der Waals surface area contributed by atoms with Gasteiger partial charge >= 0.3 is 5.97 Å². The highest BCUT2D eigenvalue weighted by Gasteiger charge is 2.52. The summed E-state index contributed by atoms with van der Waals surface area (Å²) in [5.74, 6) is -1.68. The number of ether oxygens (including phenoxy) is 1. The van der Waals surface area contributed by atoms with E-state index in [1.165, 1.54) is 0 Å². The van der Waals surface area contributed by atoms with Gasteiger partial charge in [0.1, 0.15) is 12.2 Å². The van der Waals surface area contributed by atoms with E-state index in [1.807, 2.05) is 0 Å². The van der Waals surface area contributed by atoms with Gasteiger partial charge in [0.25, 0.3) is 10.1 Å². The Hall–Kier alpha value is -0.780. The number of carboxylic acid groups (broad SMARTS) is 1. The fourth-order valence-corrected chi connectivity index (χ4v) is 2.25. The minimum Gasteiger partial charge on any atom is -0.479 e. The first-order valence-electron chi connectivity index (χ1n) is 4.05. The molecule has 9 nitrogen and oxygen atoms in total. The Kier molecular flexibility index (Phi) is 3.52. The highest BCUT2D eigenvalue weighted by atomic mass is 32.2. The fraction of sp³-hybridized carbons (Fsp3) is 0.833. The Bertz CT molecular complexity index is 375. The zero-order chi connectivity index (χ0) is 12.7. The third-order valence-corrected chi connectivity index (χ3v) is 3.35. The van der Waals surface area contributed by atoms with Crippen LogP contribution in [0.1, 0.15) is 0 Å². The highest BCUT2D eigenvalue weighted by Crippen LogP contribution is 2.24. The van der Waals surface area contributed by atoms with E-state index in [0.29, 0.717) is 0 Å². The molecule has 0 amide bonds. The molecule has 94 valence electrons. The summed E-state index contributed by atoms with van der Waals surface area (Å²) in [6.07, 6.45) is -8.45. The number of carboxylic acids is 1. The standard InChI is InChI=1S/C6H10O9S/c7-1-2(8)4(16(12,13)14)6(11)15-3(1)5(9)10/h1-4,6-8,11H,(H,9,10)(H,12,13,14)/t1?,2?,3-,4?,6?/m1/s1. The van der Waals surface area contributed by atoms with Crippen LogP contribution >= 0.6 is 0 Å². The number of aliphatic hydroxyl groups is 3. The monoisotopic (exact) mass is 258 g/mol. The maximum absolute atomic E-state index is 10.7. The van der Waals surface area contributed by atoms with E-state index in [9.17, 15) is 23.4 Å². The van der Waals surface area contributed by atoms with Gasteiger partial charge in [-0.25, -0.2) is 4.79 Å². The molecule has 0 aromatic rings. The molecule has 1 aliphatic rings. The maximum Gasteiger partial charge on any atom is 0.335 e. The van der Waals surface area contributed by atoms with E-state index >= 15 is 0 Å². The molecule has 1 heterocycles. The number of carbonyl (C=O) groups is 1. The van der Waals surface area contributed by atoms with E-state index in [4.69, 9.17) is 14.8 Å². The summed E-state index contributed by atoms with van der Waals surface area (Å²) in [6, 6.07) is 0. The summed E-state index contributed by atoms with van der Waals surface area (Å²) in [5.41, 5.74) is 0. The van der Waals surface area contributed by atoms with Crippen LogP contribution in [0.2, 0.25) is 0 Å². The third-order valence-electron chi connectivity index (χ3n) is 2.15. The summed E-state index contributed by atoms with van der Waals surface area (Å²) in [6.45, 7) is 0. The van der Waals surface area contributed by atoms with Crippen molar-refractivity contribution >= 4 is 16.1 Å². The molecule has 1 rings (SSSR count).